The van der Waals surface area contributed by atoms with Crippen molar-refractivity contribution < 1.29 is 13.6 Å². The first kappa shape index (κ1) is 13.1. The maximum absolute atomic E-state index is 13.3. The molecule has 0 aromatic carbocycles. The second-order valence-corrected chi connectivity index (χ2v) is 4.00. The number of halogens is 2. The Bertz CT molecular complexity index is 597. The summed E-state index contributed by atoms with van der Waals surface area (Å²) in [6.07, 6.45) is 4.56. The Morgan fingerprint density at radius 3 is 2.95 bits per heavy atom. The summed E-state index contributed by atoms with van der Waals surface area (Å²) in [5, 5.41) is 6.53. The fourth-order valence-electron chi connectivity index (χ4n) is 1.56. The summed E-state index contributed by atoms with van der Waals surface area (Å²) >= 11 is 0. The summed E-state index contributed by atoms with van der Waals surface area (Å²) in [6.45, 7) is 2.62. The highest BCUT2D eigenvalue weighted by Gasteiger charge is 2.15. The molecule has 2 aromatic rings. The van der Waals surface area contributed by atoms with E-state index in [0.29, 0.717) is 6.54 Å². The van der Waals surface area contributed by atoms with E-state index in [9.17, 15) is 13.6 Å². The second-order valence-electron chi connectivity index (χ2n) is 4.00. The van der Waals surface area contributed by atoms with Gasteiger partial charge in [0.25, 0.3) is 5.91 Å². The van der Waals surface area contributed by atoms with Gasteiger partial charge in [-0.15, -0.1) is 0 Å². The van der Waals surface area contributed by atoms with Crippen molar-refractivity contribution in [3.05, 3.63) is 47.5 Å². The van der Waals surface area contributed by atoms with Crippen LogP contribution in [0.4, 0.5) is 8.78 Å². The van der Waals surface area contributed by atoms with E-state index in [2.05, 4.69) is 15.4 Å². The predicted octanol–water partition coefficient (Wildman–Crippen LogP) is 1.29. The second kappa shape index (κ2) is 5.55. The molecule has 0 aliphatic carbocycles. The Hall–Kier alpha value is -2.31. The summed E-state index contributed by atoms with van der Waals surface area (Å²) in [5.41, 5.74) is 0.651. The van der Waals surface area contributed by atoms with Gasteiger partial charge in [-0.05, 0) is 18.6 Å². The number of rotatable bonds is 4. The lowest BCUT2D eigenvalue weighted by atomic mass is 10.2. The average Bonchev–Trinajstić information content (AvgIpc) is 2.78. The summed E-state index contributed by atoms with van der Waals surface area (Å²) in [5.74, 6) is -3.20. The van der Waals surface area contributed by atoms with E-state index in [-0.39, 0.29) is 12.1 Å². The van der Waals surface area contributed by atoms with Gasteiger partial charge in [-0.2, -0.15) is 9.49 Å². The monoisotopic (exact) mass is 266 g/mol. The minimum Gasteiger partial charge on any atom is -0.350 e. The summed E-state index contributed by atoms with van der Waals surface area (Å²) in [6, 6.07) is 1.13. The fraction of sp³-hybridized carbons (Fsp3) is 0.250. The van der Waals surface area contributed by atoms with Crippen LogP contribution in [0.2, 0.25) is 0 Å². The van der Waals surface area contributed by atoms with Gasteiger partial charge in [-0.25, -0.2) is 9.37 Å². The van der Waals surface area contributed by atoms with Crippen LogP contribution in [-0.2, 0) is 6.54 Å². The van der Waals surface area contributed by atoms with Crippen LogP contribution in [0.25, 0.3) is 0 Å². The molecule has 100 valence electrons. The molecule has 2 aromatic heterocycles. The van der Waals surface area contributed by atoms with E-state index >= 15 is 0 Å². The SMILES string of the molecule is Cc1cnn(CCNC(=O)c2ccnc(F)c2F)c1. The summed E-state index contributed by atoms with van der Waals surface area (Å²) in [7, 11) is 0. The molecular weight excluding hydrogens is 254 g/mol. The van der Waals surface area contributed by atoms with Crippen LogP contribution in [0.3, 0.4) is 0 Å². The Morgan fingerprint density at radius 2 is 2.26 bits per heavy atom. The standard InChI is InChI=1S/C12H12F2N4O/c1-8-6-17-18(7-8)5-4-16-12(19)9-2-3-15-11(14)10(9)13/h2-3,6-7H,4-5H2,1H3,(H,16,19). The highest BCUT2D eigenvalue weighted by atomic mass is 19.2. The number of nitrogens with zero attached hydrogens (tertiary/aromatic N) is 3. The van der Waals surface area contributed by atoms with E-state index in [1.54, 1.807) is 10.9 Å². The molecular formula is C12H12F2N4O. The van der Waals surface area contributed by atoms with Gasteiger partial charge in [-0.3, -0.25) is 9.48 Å². The number of aryl methyl sites for hydroxylation is 1. The van der Waals surface area contributed by atoms with Crippen molar-refractivity contribution in [2.75, 3.05) is 6.54 Å². The molecule has 7 heteroatoms. The van der Waals surface area contributed by atoms with Crippen LogP contribution >= 0.6 is 0 Å². The van der Waals surface area contributed by atoms with Crippen LogP contribution < -0.4 is 5.32 Å². The number of carbonyl (C=O) groups is 1. The predicted molar refractivity (Wildman–Crippen MR) is 63.5 cm³/mol. The Morgan fingerprint density at radius 1 is 1.47 bits per heavy atom. The first-order valence-corrected chi connectivity index (χ1v) is 5.65. The van der Waals surface area contributed by atoms with E-state index in [0.717, 1.165) is 17.8 Å². The fourth-order valence-corrected chi connectivity index (χ4v) is 1.56. The van der Waals surface area contributed by atoms with Crippen molar-refractivity contribution in [2.45, 2.75) is 13.5 Å². The van der Waals surface area contributed by atoms with Gasteiger partial charge in [0.1, 0.15) is 0 Å². The van der Waals surface area contributed by atoms with Crippen molar-refractivity contribution in [2.24, 2.45) is 0 Å². The van der Waals surface area contributed by atoms with Gasteiger partial charge in [0.05, 0.1) is 18.3 Å². The summed E-state index contributed by atoms with van der Waals surface area (Å²) < 4.78 is 27.8. The highest BCUT2D eigenvalue weighted by Crippen LogP contribution is 2.08. The van der Waals surface area contributed by atoms with Crippen LogP contribution in [0.15, 0.2) is 24.7 Å². The molecule has 1 amide bonds. The first-order chi connectivity index (χ1) is 9.08. The third kappa shape index (κ3) is 3.12. The molecule has 1 N–H and O–H groups in total. The lowest BCUT2D eigenvalue weighted by Gasteiger charge is -2.06. The molecule has 0 aliphatic rings. The van der Waals surface area contributed by atoms with Crippen LogP contribution in [0.5, 0.6) is 0 Å². The molecule has 0 unspecified atom stereocenters. The van der Waals surface area contributed by atoms with Crippen molar-refractivity contribution in [3.8, 4) is 0 Å². The quantitative estimate of drug-likeness (QED) is 0.848. The highest BCUT2D eigenvalue weighted by molar-refractivity contribution is 5.94. The van der Waals surface area contributed by atoms with Crippen LogP contribution in [0.1, 0.15) is 15.9 Å². The molecule has 2 rings (SSSR count). The molecule has 0 radical (unpaired) electrons. The molecule has 0 aliphatic heterocycles. The number of carbonyl (C=O) groups excluding carboxylic acids is 1. The van der Waals surface area contributed by atoms with Crippen LogP contribution in [0, 0.1) is 18.7 Å². The number of hydrogen-bond donors (Lipinski definition) is 1. The van der Waals surface area contributed by atoms with E-state index in [1.807, 2.05) is 13.1 Å². The third-order valence-corrected chi connectivity index (χ3v) is 2.48. The zero-order valence-electron chi connectivity index (χ0n) is 10.2. The number of nitrogens with one attached hydrogen (secondary N) is 1. The average molecular weight is 266 g/mol. The zero-order chi connectivity index (χ0) is 13.8. The topological polar surface area (TPSA) is 59.8 Å². The van der Waals surface area contributed by atoms with E-state index in [4.69, 9.17) is 0 Å². The Labute approximate surface area is 108 Å². The van der Waals surface area contributed by atoms with Crippen molar-refractivity contribution in [1.82, 2.24) is 20.1 Å². The van der Waals surface area contributed by atoms with Crippen molar-refractivity contribution in [1.29, 1.82) is 0 Å². The van der Waals surface area contributed by atoms with Gasteiger partial charge in [0, 0.05) is 18.9 Å². The molecule has 0 fully saturated rings. The molecule has 0 saturated heterocycles. The van der Waals surface area contributed by atoms with Gasteiger partial charge in [0.15, 0.2) is 5.82 Å². The first-order valence-electron chi connectivity index (χ1n) is 5.65. The van der Waals surface area contributed by atoms with Gasteiger partial charge >= 0.3 is 0 Å². The van der Waals surface area contributed by atoms with E-state index in [1.165, 1.54) is 0 Å². The Kier molecular flexibility index (Phi) is 3.84. The number of aromatic nitrogens is 3. The van der Waals surface area contributed by atoms with E-state index < -0.39 is 17.7 Å². The van der Waals surface area contributed by atoms with Crippen molar-refractivity contribution >= 4 is 5.91 Å². The molecule has 0 bridgehead atoms. The van der Waals surface area contributed by atoms with Gasteiger partial charge in [0.2, 0.25) is 5.95 Å². The zero-order valence-corrected chi connectivity index (χ0v) is 10.2. The van der Waals surface area contributed by atoms with Gasteiger partial charge < -0.3 is 5.32 Å². The van der Waals surface area contributed by atoms with Crippen LogP contribution in [-0.4, -0.2) is 27.2 Å². The Balaban J connectivity index is 1.93. The maximum Gasteiger partial charge on any atom is 0.254 e. The minimum atomic E-state index is -1.28. The lowest BCUT2D eigenvalue weighted by Crippen LogP contribution is -2.28. The number of pyridine rings is 1. The van der Waals surface area contributed by atoms with Gasteiger partial charge in [-0.1, -0.05) is 0 Å². The molecule has 0 saturated carbocycles. The molecule has 0 spiro atoms. The maximum atomic E-state index is 13.3. The largest absolute Gasteiger partial charge is 0.350 e. The minimum absolute atomic E-state index is 0.267. The molecule has 19 heavy (non-hydrogen) atoms. The summed E-state index contributed by atoms with van der Waals surface area (Å²) in [4.78, 5) is 14.8. The molecule has 2 heterocycles. The normalized spacial score (nSPS) is 10.5. The third-order valence-electron chi connectivity index (χ3n) is 2.48. The lowest BCUT2D eigenvalue weighted by molar-refractivity contribution is 0.0946. The number of hydrogen-bond acceptors (Lipinski definition) is 3. The van der Waals surface area contributed by atoms with Crippen molar-refractivity contribution in [3.63, 3.8) is 0 Å². The molecule has 0 atom stereocenters. The molecule has 5 nitrogen and oxygen atoms in total. The number of amides is 1. The smallest absolute Gasteiger partial charge is 0.254 e.